The minimum atomic E-state index is -0.636. The summed E-state index contributed by atoms with van der Waals surface area (Å²) in [5, 5.41) is 2.51. The second-order valence-electron chi connectivity index (χ2n) is 6.59. The molecule has 0 aliphatic heterocycles. The molecule has 0 aromatic rings. The molecule has 0 aromatic heterocycles. The molecule has 0 aromatic carbocycles. The maximum atomic E-state index is 12.3. The van der Waals surface area contributed by atoms with Crippen LogP contribution in [0.2, 0.25) is 0 Å². The summed E-state index contributed by atoms with van der Waals surface area (Å²) in [6.45, 7) is 14.9. The Bertz CT molecular complexity index is 561. The Balaban J connectivity index is 4.69. The number of hydrogen-bond acceptors (Lipinski definition) is 4. The van der Waals surface area contributed by atoms with Gasteiger partial charge in [0, 0.05) is 18.6 Å². The standard InChI is InChI=1S/C20H31NO3S/c1-8-18(11-13(2)3)10-9-14(4)15(5)20(24)25-12-19(16(6)22)21-17(7)23/h8-10,13,15,19H,4,11-12H2,1-3,5-7H3,(H,21,23). The Morgan fingerprint density at radius 2 is 1.72 bits per heavy atom. The van der Waals surface area contributed by atoms with Gasteiger partial charge in [-0.2, -0.15) is 0 Å². The van der Waals surface area contributed by atoms with Crippen molar-refractivity contribution in [2.75, 3.05) is 5.75 Å². The lowest BCUT2D eigenvalue weighted by Gasteiger charge is -2.16. The van der Waals surface area contributed by atoms with Gasteiger partial charge in [-0.1, -0.05) is 62.9 Å². The molecule has 1 N–H and O–H groups in total. The summed E-state index contributed by atoms with van der Waals surface area (Å²) < 4.78 is 0. The van der Waals surface area contributed by atoms with Gasteiger partial charge in [0.2, 0.25) is 5.91 Å². The summed E-state index contributed by atoms with van der Waals surface area (Å²) in [5.41, 5.74) is 1.95. The van der Waals surface area contributed by atoms with Crippen molar-refractivity contribution in [3.8, 4) is 0 Å². The molecule has 5 heteroatoms. The fraction of sp³-hybridized carbons (Fsp3) is 0.550. The van der Waals surface area contributed by atoms with E-state index in [1.165, 1.54) is 19.4 Å². The molecule has 0 aliphatic carbocycles. The van der Waals surface area contributed by atoms with Gasteiger partial charge < -0.3 is 5.32 Å². The van der Waals surface area contributed by atoms with Gasteiger partial charge in [0.05, 0.1) is 6.04 Å². The van der Waals surface area contributed by atoms with E-state index in [2.05, 4.69) is 31.8 Å². The highest BCUT2D eigenvalue weighted by Gasteiger charge is 2.21. The van der Waals surface area contributed by atoms with Gasteiger partial charge in [0.15, 0.2) is 10.9 Å². The molecule has 0 rings (SSSR count). The number of hydrogen-bond donors (Lipinski definition) is 1. The zero-order valence-corrected chi connectivity index (χ0v) is 17.0. The molecule has 140 valence electrons. The third-order valence-corrected chi connectivity index (χ3v) is 4.83. The van der Waals surface area contributed by atoms with E-state index < -0.39 is 6.04 Å². The first kappa shape index (κ1) is 23.4. The first-order valence-corrected chi connectivity index (χ1v) is 9.53. The molecule has 2 unspecified atom stereocenters. The third-order valence-electron chi connectivity index (χ3n) is 3.70. The first-order valence-electron chi connectivity index (χ1n) is 8.54. The molecule has 0 spiro atoms. The monoisotopic (exact) mass is 365 g/mol. The Morgan fingerprint density at radius 1 is 1.12 bits per heavy atom. The van der Waals surface area contributed by atoms with Crippen LogP contribution in [0.4, 0.5) is 0 Å². The average molecular weight is 366 g/mol. The first-order chi connectivity index (χ1) is 11.6. The number of carbonyl (C=O) groups is 3. The highest BCUT2D eigenvalue weighted by atomic mass is 32.2. The molecule has 0 fully saturated rings. The van der Waals surface area contributed by atoms with Gasteiger partial charge in [-0.3, -0.25) is 14.4 Å². The van der Waals surface area contributed by atoms with Crippen molar-refractivity contribution in [3.05, 3.63) is 36.0 Å². The van der Waals surface area contributed by atoms with Gasteiger partial charge >= 0.3 is 0 Å². The summed E-state index contributed by atoms with van der Waals surface area (Å²) in [7, 11) is 0. The summed E-state index contributed by atoms with van der Waals surface area (Å²) >= 11 is 1.06. The predicted molar refractivity (Wildman–Crippen MR) is 106 cm³/mol. The smallest absolute Gasteiger partial charge is 0.217 e. The van der Waals surface area contributed by atoms with E-state index in [1.54, 1.807) is 6.92 Å². The zero-order chi connectivity index (χ0) is 19.6. The highest BCUT2D eigenvalue weighted by molar-refractivity contribution is 8.13. The third kappa shape index (κ3) is 10.1. The highest BCUT2D eigenvalue weighted by Crippen LogP contribution is 2.21. The number of Topliss-reactive ketones (excluding diaryl/α,β-unsaturated/α-hetero) is 1. The lowest BCUT2D eigenvalue weighted by Crippen LogP contribution is -2.40. The van der Waals surface area contributed by atoms with Crippen LogP contribution in [-0.4, -0.2) is 28.6 Å². The predicted octanol–water partition coefficient (Wildman–Crippen LogP) is 4.08. The molecule has 0 radical (unpaired) electrons. The molecule has 0 heterocycles. The number of allylic oxidation sites excluding steroid dienone is 5. The number of ketones is 1. The van der Waals surface area contributed by atoms with Gasteiger partial charge in [-0.15, -0.1) is 0 Å². The van der Waals surface area contributed by atoms with Crippen molar-refractivity contribution >= 4 is 28.6 Å². The molecule has 25 heavy (non-hydrogen) atoms. The second-order valence-corrected chi connectivity index (χ2v) is 7.61. The van der Waals surface area contributed by atoms with Crippen molar-refractivity contribution in [2.24, 2.45) is 11.8 Å². The van der Waals surface area contributed by atoms with Crippen LogP contribution in [0.5, 0.6) is 0 Å². The van der Waals surface area contributed by atoms with E-state index >= 15 is 0 Å². The summed E-state index contributed by atoms with van der Waals surface area (Å²) in [6, 6.07) is -0.636. The van der Waals surface area contributed by atoms with Crippen LogP contribution in [-0.2, 0) is 14.4 Å². The van der Waals surface area contributed by atoms with Crippen LogP contribution in [0.15, 0.2) is 36.0 Å². The molecule has 2 atom stereocenters. The van der Waals surface area contributed by atoms with E-state index in [-0.39, 0.29) is 28.5 Å². The maximum absolute atomic E-state index is 12.3. The zero-order valence-electron chi connectivity index (χ0n) is 16.2. The Labute approximate surface area is 156 Å². The van der Waals surface area contributed by atoms with Crippen LogP contribution >= 0.6 is 11.8 Å². The minimum absolute atomic E-state index is 0.0582. The topological polar surface area (TPSA) is 63.2 Å². The molecule has 0 saturated carbocycles. The van der Waals surface area contributed by atoms with Crippen LogP contribution < -0.4 is 5.32 Å². The Hall–Kier alpha value is -1.62. The molecule has 0 saturated heterocycles. The second kappa shape index (κ2) is 11.9. The normalized spacial score (nSPS) is 14.4. The van der Waals surface area contributed by atoms with Crippen LogP contribution in [0.25, 0.3) is 0 Å². The van der Waals surface area contributed by atoms with E-state index in [4.69, 9.17) is 0 Å². The Kier molecular flexibility index (Phi) is 11.1. The molecule has 4 nitrogen and oxygen atoms in total. The fourth-order valence-corrected chi connectivity index (χ4v) is 3.11. The molecule has 0 aliphatic rings. The lowest BCUT2D eigenvalue weighted by atomic mass is 9.99. The SMILES string of the molecule is C=C(C=CC(=CC)CC(C)C)C(C)C(=O)SCC(NC(C)=O)C(C)=O. The van der Waals surface area contributed by atoms with Crippen molar-refractivity contribution in [3.63, 3.8) is 0 Å². The molecular weight excluding hydrogens is 334 g/mol. The van der Waals surface area contributed by atoms with E-state index in [0.29, 0.717) is 5.92 Å². The largest absolute Gasteiger partial charge is 0.346 e. The number of nitrogens with one attached hydrogen (secondary N) is 1. The molecule has 1 amide bonds. The van der Waals surface area contributed by atoms with E-state index in [0.717, 1.165) is 23.8 Å². The number of rotatable bonds is 10. The van der Waals surface area contributed by atoms with Gasteiger partial charge in [-0.05, 0) is 31.8 Å². The summed E-state index contributed by atoms with van der Waals surface area (Å²) in [6.07, 6.45) is 6.94. The van der Waals surface area contributed by atoms with Crippen molar-refractivity contribution in [2.45, 2.75) is 54.0 Å². The van der Waals surface area contributed by atoms with Crippen LogP contribution in [0.1, 0.15) is 48.0 Å². The number of amides is 1. The van der Waals surface area contributed by atoms with Gasteiger partial charge in [-0.25, -0.2) is 0 Å². The van der Waals surface area contributed by atoms with E-state index in [1.807, 2.05) is 19.1 Å². The van der Waals surface area contributed by atoms with Gasteiger partial charge in [0.1, 0.15) is 0 Å². The molecule has 0 bridgehead atoms. The van der Waals surface area contributed by atoms with Crippen molar-refractivity contribution in [1.82, 2.24) is 5.32 Å². The fourth-order valence-electron chi connectivity index (χ4n) is 2.06. The quantitative estimate of drug-likeness (QED) is 0.593. The van der Waals surface area contributed by atoms with E-state index in [9.17, 15) is 14.4 Å². The van der Waals surface area contributed by atoms with Crippen LogP contribution in [0, 0.1) is 11.8 Å². The van der Waals surface area contributed by atoms with Crippen molar-refractivity contribution in [1.29, 1.82) is 0 Å². The Morgan fingerprint density at radius 3 is 2.16 bits per heavy atom. The van der Waals surface area contributed by atoms with Crippen molar-refractivity contribution < 1.29 is 14.4 Å². The summed E-state index contributed by atoms with van der Waals surface area (Å²) in [5.74, 6) is 0.0213. The number of thioether (sulfide) groups is 1. The average Bonchev–Trinajstić information content (AvgIpc) is 2.52. The number of carbonyl (C=O) groups excluding carboxylic acids is 3. The maximum Gasteiger partial charge on any atom is 0.217 e. The lowest BCUT2D eigenvalue weighted by molar-refractivity contribution is -0.125. The van der Waals surface area contributed by atoms with Gasteiger partial charge in [0.25, 0.3) is 0 Å². The van der Waals surface area contributed by atoms with Crippen LogP contribution in [0.3, 0.4) is 0 Å². The molecular formula is C20H31NO3S. The minimum Gasteiger partial charge on any atom is -0.346 e. The summed E-state index contributed by atoms with van der Waals surface area (Å²) in [4.78, 5) is 35.0.